The van der Waals surface area contributed by atoms with E-state index in [0.29, 0.717) is 0 Å². The number of rotatable bonds is 7. The average molecular weight is 447 g/mol. The highest BCUT2D eigenvalue weighted by atomic mass is 16.5. The van der Waals surface area contributed by atoms with E-state index in [2.05, 4.69) is 62.6 Å². The maximum atomic E-state index is 5.50. The third-order valence-electron chi connectivity index (χ3n) is 6.40. The molecule has 0 amide bonds. The lowest BCUT2D eigenvalue weighted by Gasteiger charge is -2.27. The Morgan fingerprint density at radius 1 is 0.939 bits per heavy atom. The Bertz CT molecular complexity index is 1150. The summed E-state index contributed by atoms with van der Waals surface area (Å²) >= 11 is 0. The van der Waals surface area contributed by atoms with Crippen LogP contribution in [0.4, 0.5) is 17.5 Å². The quantitative estimate of drug-likeness (QED) is 0.481. The lowest BCUT2D eigenvalue weighted by Crippen LogP contribution is -2.24. The predicted octanol–water partition coefficient (Wildman–Crippen LogP) is 5.45. The highest BCUT2D eigenvalue weighted by Crippen LogP contribution is 2.36. The minimum atomic E-state index is 0.742. The van der Waals surface area contributed by atoms with Gasteiger partial charge in [-0.15, -0.1) is 0 Å². The first-order valence-electron chi connectivity index (χ1n) is 11.5. The molecular weight excluding hydrogens is 412 g/mol. The Morgan fingerprint density at radius 3 is 2.27 bits per heavy atom. The Hall–Kier alpha value is -3.28. The van der Waals surface area contributed by atoms with Crippen LogP contribution in [0.3, 0.4) is 0 Å². The molecule has 0 radical (unpaired) electrons. The number of nitrogens with zero attached hydrogens (tertiary/aromatic N) is 4. The van der Waals surface area contributed by atoms with Gasteiger partial charge in [0.2, 0.25) is 5.95 Å². The molecule has 0 N–H and O–H groups in total. The van der Waals surface area contributed by atoms with Gasteiger partial charge in [0.1, 0.15) is 5.82 Å². The molecule has 33 heavy (non-hydrogen) atoms. The van der Waals surface area contributed by atoms with Crippen LogP contribution >= 0.6 is 0 Å². The van der Waals surface area contributed by atoms with Crippen LogP contribution in [0.2, 0.25) is 0 Å². The first kappa shape index (κ1) is 22.9. The van der Waals surface area contributed by atoms with Gasteiger partial charge >= 0.3 is 0 Å². The number of aromatic nitrogens is 2. The van der Waals surface area contributed by atoms with Crippen LogP contribution in [0.5, 0.6) is 11.5 Å². The van der Waals surface area contributed by atoms with Gasteiger partial charge in [-0.25, -0.2) is 4.98 Å². The summed E-state index contributed by atoms with van der Waals surface area (Å²) in [5.41, 5.74) is 8.44. The van der Waals surface area contributed by atoms with Crippen LogP contribution in [-0.4, -0.2) is 37.3 Å². The number of methoxy groups -OCH3 is 2. The molecule has 3 aromatic rings. The van der Waals surface area contributed by atoms with Gasteiger partial charge in [-0.3, -0.25) is 0 Å². The molecule has 4 rings (SSSR count). The molecule has 0 saturated heterocycles. The highest BCUT2D eigenvalue weighted by Gasteiger charge is 2.27. The van der Waals surface area contributed by atoms with E-state index in [4.69, 9.17) is 19.4 Å². The first-order chi connectivity index (χ1) is 15.9. The van der Waals surface area contributed by atoms with Crippen LogP contribution in [-0.2, 0) is 13.0 Å². The molecule has 0 fully saturated rings. The first-order valence-corrected chi connectivity index (χ1v) is 11.5. The molecule has 2 heterocycles. The topological polar surface area (TPSA) is 50.7 Å². The average Bonchev–Trinajstić information content (AvgIpc) is 3.19. The van der Waals surface area contributed by atoms with Gasteiger partial charge in [0, 0.05) is 36.6 Å². The lowest BCUT2D eigenvalue weighted by molar-refractivity contribution is 0.354. The number of anilines is 3. The number of hydrogen-bond acceptors (Lipinski definition) is 6. The molecule has 0 atom stereocenters. The van der Waals surface area contributed by atoms with E-state index < -0.39 is 0 Å². The summed E-state index contributed by atoms with van der Waals surface area (Å²) in [6, 6.07) is 10.6. The standard InChI is InChI=1S/C27H34N4O2/c1-8-31(25-18(3)13-17(2)14-19(25)4)27-28-20(5)22-11-12-30(26(22)29-27)16-21-9-10-23(32-6)24(15-21)33-7/h9-10,13-15H,8,11-12,16H2,1-7H3. The molecule has 0 bridgehead atoms. The zero-order valence-electron chi connectivity index (χ0n) is 20.8. The van der Waals surface area contributed by atoms with Gasteiger partial charge in [0.25, 0.3) is 0 Å². The Morgan fingerprint density at radius 2 is 1.64 bits per heavy atom. The van der Waals surface area contributed by atoms with Crippen molar-refractivity contribution in [3.05, 3.63) is 63.8 Å². The zero-order valence-corrected chi connectivity index (χ0v) is 20.8. The largest absolute Gasteiger partial charge is 0.493 e. The molecule has 1 aliphatic heterocycles. The third-order valence-corrected chi connectivity index (χ3v) is 6.40. The van der Waals surface area contributed by atoms with Crippen molar-refractivity contribution in [3.63, 3.8) is 0 Å². The van der Waals surface area contributed by atoms with Crippen molar-refractivity contribution in [3.8, 4) is 11.5 Å². The van der Waals surface area contributed by atoms with E-state index in [0.717, 1.165) is 60.6 Å². The maximum Gasteiger partial charge on any atom is 0.232 e. The number of hydrogen-bond donors (Lipinski definition) is 0. The minimum Gasteiger partial charge on any atom is -0.493 e. The van der Waals surface area contributed by atoms with Gasteiger partial charge in [0.05, 0.1) is 14.2 Å². The summed E-state index contributed by atoms with van der Waals surface area (Å²) in [4.78, 5) is 14.6. The molecular formula is C27H34N4O2. The molecule has 1 aliphatic rings. The molecule has 0 saturated carbocycles. The molecule has 1 aromatic heterocycles. The molecule has 0 unspecified atom stereocenters. The maximum absolute atomic E-state index is 5.50. The normalized spacial score (nSPS) is 12.6. The van der Waals surface area contributed by atoms with Crippen LogP contribution in [0.15, 0.2) is 30.3 Å². The van der Waals surface area contributed by atoms with Crippen molar-refractivity contribution in [1.82, 2.24) is 9.97 Å². The Balaban J connectivity index is 1.70. The molecule has 6 nitrogen and oxygen atoms in total. The van der Waals surface area contributed by atoms with E-state index in [1.807, 2.05) is 12.1 Å². The Kier molecular flexibility index (Phi) is 6.45. The van der Waals surface area contributed by atoms with Gasteiger partial charge in [-0.05, 0) is 69.9 Å². The smallest absolute Gasteiger partial charge is 0.232 e. The lowest BCUT2D eigenvalue weighted by atomic mass is 10.0. The van der Waals surface area contributed by atoms with Crippen molar-refractivity contribution in [2.75, 3.05) is 37.1 Å². The van der Waals surface area contributed by atoms with Crippen molar-refractivity contribution in [2.45, 2.75) is 47.6 Å². The van der Waals surface area contributed by atoms with E-state index in [1.165, 1.54) is 27.9 Å². The third kappa shape index (κ3) is 4.34. The van der Waals surface area contributed by atoms with Gasteiger partial charge < -0.3 is 19.3 Å². The number of aryl methyl sites for hydroxylation is 4. The molecule has 6 heteroatoms. The van der Waals surface area contributed by atoms with Gasteiger partial charge in [0.15, 0.2) is 11.5 Å². The summed E-state index contributed by atoms with van der Waals surface area (Å²) in [5, 5.41) is 0. The van der Waals surface area contributed by atoms with Crippen molar-refractivity contribution in [2.24, 2.45) is 0 Å². The van der Waals surface area contributed by atoms with E-state index in [9.17, 15) is 0 Å². The van der Waals surface area contributed by atoms with Crippen LogP contribution in [0, 0.1) is 27.7 Å². The molecule has 0 aliphatic carbocycles. The Labute approximate surface area is 197 Å². The minimum absolute atomic E-state index is 0.742. The van der Waals surface area contributed by atoms with E-state index >= 15 is 0 Å². The number of benzene rings is 2. The van der Waals surface area contributed by atoms with Crippen molar-refractivity contribution < 1.29 is 9.47 Å². The van der Waals surface area contributed by atoms with Crippen molar-refractivity contribution >= 4 is 17.5 Å². The van der Waals surface area contributed by atoms with Crippen LogP contribution in [0.1, 0.15) is 40.4 Å². The van der Waals surface area contributed by atoms with E-state index in [1.54, 1.807) is 14.2 Å². The second kappa shape index (κ2) is 9.30. The molecule has 2 aromatic carbocycles. The van der Waals surface area contributed by atoms with Crippen LogP contribution < -0.4 is 19.3 Å². The monoisotopic (exact) mass is 446 g/mol. The van der Waals surface area contributed by atoms with Crippen molar-refractivity contribution in [1.29, 1.82) is 0 Å². The fourth-order valence-electron chi connectivity index (χ4n) is 4.95. The zero-order chi connectivity index (χ0) is 23.7. The second-order valence-electron chi connectivity index (χ2n) is 8.76. The number of ether oxygens (including phenoxy) is 2. The summed E-state index contributed by atoms with van der Waals surface area (Å²) < 4.78 is 10.9. The fourth-order valence-corrected chi connectivity index (χ4v) is 4.95. The van der Waals surface area contributed by atoms with Gasteiger partial charge in [-0.2, -0.15) is 4.98 Å². The van der Waals surface area contributed by atoms with E-state index in [-0.39, 0.29) is 0 Å². The summed E-state index contributed by atoms with van der Waals surface area (Å²) in [7, 11) is 3.33. The summed E-state index contributed by atoms with van der Waals surface area (Å²) in [5.74, 6) is 3.29. The van der Waals surface area contributed by atoms with Crippen LogP contribution in [0.25, 0.3) is 0 Å². The second-order valence-corrected chi connectivity index (χ2v) is 8.76. The fraction of sp³-hybridized carbons (Fsp3) is 0.407. The summed E-state index contributed by atoms with van der Waals surface area (Å²) in [6.45, 7) is 13.2. The van der Waals surface area contributed by atoms with Gasteiger partial charge in [-0.1, -0.05) is 23.8 Å². The molecule has 174 valence electrons. The number of fused-ring (bicyclic) bond motifs is 1. The summed E-state index contributed by atoms with van der Waals surface area (Å²) in [6.07, 6.45) is 0.962. The predicted molar refractivity (Wildman–Crippen MR) is 134 cm³/mol. The molecule has 0 spiro atoms. The highest BCUT2D eigenvalue weighted by molar-refractivity contribution is 5.68. The SMILES string of the molecule is CCN(c1nc(C)c2c(n1)N(Cc1ccc(OC)c(OC)c1)CC2)c1c(C)cc(C)cc1C.